The van der Waals surface area contributed by atoms with Crippen LogP contribution in [0.5, 0.6) is 0 Å². The van der Waals surface area contributed by atoms with Gasteiger partial charge in [-0.25, -0.2) is 13.2 Å². The monoisotopic (exact) mass is 435 g/mol. The number of benzene rings is 1. The average molecular weight is 436 g/mol. The number of aryl methyl sites for hydroxylation is 2. The van der Waals surface area contributed by atoms with Crippen molar-refractivity contribution in [3.05, 3.63) is 41.2 Å². The van der Waals surface area contributed by atoms with Crippen molar-refractivity contribution in [2.45, 2.75) is 56.4 Å². The maximum absolute atomic E-state index is 13.1. The first-order valence-corrected chi connectivity index (χ1v) is 11.6. The minimum atomic E-state index is -3.90. The lowest BCUT2D eigenvalue weighted by molar-refractivity contribution is 0.0519. The zero-order valence-electron chi connectivity index (χ0n) is 17.8. The van der Waals surface area contributed by atoms with Gasteiger partial charge >= 0.3 is 5.97 Å². The highest BCUT2D eigenvalue weighted by molar-refractivity contribution is 7.92. The van der Waals surface area contributed by atoms with E-state index >= 15 is 0 Å². The summed E-state index contributed by atoms with van der Waals surface area (Å²) in [6, 6.07) is 6.55. The van der Waals surface area contributed by atoms with Crippen LogP contribution >= 0.6 is 0 Å². The van der Waals surface area contributed by atoms with Crippen LogP contribution in [0, 0.1) is 6.92 Å². The zero-order valence-corrected chi connectivity index (χ0v) is 18.7. The van der Waals surface area contributed by atoms with E-state index in [0.29, 0.717) is 5.69 Å². The zero-order chi connectivity index (χ0) is 21.9. The van der Waals surface area contributed by atoms with E-state index in [0.717, 1.165) is 31.2 Å². The molecule has 0 bridgehead atoms. The Bertz CT molecular complexity index is 990. The lowest BCUT2D eigenvalue weighted by atomic mass is 9.84. The second-order valence-electron chi connectivity index (χ2n) is 7.58. The molecule has 0 unspecified atom stereocenters. The predicted molar refractivity (Wildman–Crippen MR) is 113 cm³/mol. The first-order chi connectivity index (χ1) is 14.3. The van der Waals surface area contributed by atoms with Gasteiger partial charge in [-0.1, -0.05) is 17.7 Å². The summed E-state index contributed by atoms with van der Waals surface area (Å²) in [4.78, 5) is 12.7. The molecule has 1 aliphatic carbocycles. The quantitative estimate of drug-likeness (QED) is 0.670. The fourth-order valence-electron chi connectivity index (χ4n) is 3.93. The largest absolute Gasteiger partial charge is 0.461 e. The summed E-state index contributed by atoms with van der Waals surface area (Å²) in [5.41, 5.74) is 1.85. The number of carbonyl (C=O) groups excluding carboxylic acids is 1. The molecule has 0 amide bonds. The predicted octanol–water partition coefficient (Wildman–Crippen LogP) is 3.38. The topological polar surface area (TPSA) is 99.5 Å². The van der Waals surface area contributed by atoms with Crippen LogP contribution < -0.4 is 4.72 Å². The highest BCUT2D eigenvalue weighted by Crippen LogP contribution is 2.39. The number of anilines is 1. The summed E-state index contributed by atoms with van der Waals surface area (Å²) in [7, 11) is -0.470. The second-order valence-corrected chi connectivity index (χ2v) is 9.26. The van der Waals surface area contributed by atoms with Crippen LogP contribution in [-0.4, -0.2) is 44.0 Å². The number of sulfonamides is 1. The minimum Gasteiger partial charge on any atom is -0.461 e. The number of ether oxygens (including phenoxy) is 2. The third kappa shape index (κ3) is 4.67. The Labute approximate surface area is 177 Å². The number of esters is 1. The summed E-state index contributed by atoms with van der Waals surface area (Å²) in [5.74, 6) is -0.584. The number of hydrogen-bond acceptors (Lipinski definition) is 6. The Morgan fingerprint density at radius 1 is 1.20 bits per heavy atom. The SMILES string of the molecule is CCOC(=O)c1nn(C)c([C@H]2CC[C@@H](OC)CC2)c1NS(=O)(=O)c1ccc(C)cc1. The van der Waals surface area contributed by atoms with E-state index in [1.54, 1.807) is 50.0 Å². The van der Waals surface area contributed by atoms with Gasteiger partial charge in [0, 0.05) is 20.1 Å². The molecular formula is C21H29N3O5S. The molecule has 1 aliphatic rings. The van der Waals surface area contributed by atoms with Gasteiger partial charge in [0.15, 0.2) is 5.69 Å². The molecule has 0 radical (unpaired) electrons. The summed E-state index contributed by atoms with van der Waals surface area (Å²) >= 11 is 0. The van der Waals surface area contributed by atoms with E-state index in [1.165, 1.54) is 0 Å². The van der Waals surface area contributed by atoms with Gasteiger partial charge in [-0.05, 0) is 51.7 Å². The van der Waals surface area contributed by atoms with Crippen LogP contribution in [0.2, 0.25) is 0 Å². The molecule has 1 heterocycles. The first kappa shape index (κ1) is 22.3. The Morgan fingerprint density at radius 3 is 2.40 bits per heavy atom. The van der Waals surface area contributed by atoms with Gasteiger partial charge in [0.25, 0.3) is 10.0 Å². The highest BCUT2D eigenvalue weighted by Gasteiger charge is 2.33. The van der Waals surface area contributed by atoms with Crippen molar-refractivity contribution in [1.29, 1.82) is 0 Å². The van der Waals surface area contributed by atoms with Crippen molar-refractivity contribution in [3.63, 3.8) is 0 Å². The molecule has 2 aromatic rings. The number of rotatable bonds is 7. The highest BCUT2D eigenvalue weighted by atomic mass is 32.2. The van der Waals surface area contributed by atoms with E-state index in [-0.39, 0.29) is 34.9 Å². The second kappa shape index (κ2) is 9.18. The summed E-state index contributed by atoms with van der Waals surface area (Å²) in [6.45, 7) is 3.76. The van der Waals surface area contributed by atoms with Crippen molar-refractivity contribution in [3.8, 4) is 0 Å². The molecule has 0 atom stereocenters. The van der Waals surface area contributed by atoms with Gasteiger partial charge in [-0.2, -0.15) is 5.10 Å². The number of methoxy groups -OCH3 is 1. The minimum absolute atomic E-state index is 0.0149. The smallest absolute Gasteiger partial charge is 0.361 e. The molecule has 30 heavy (non-hydrogen) atoms. The Morgan fingerprint density at radius 2 is 1.83 bits per heavy atom. The van der Waals surface area contributed by atoms with Crippen LogP contribution in [0.15, 0.2) is 29.2 Å². The van der Waals surface area contributed by atoms with Gasteiger partial charge in [-0.15, -0.1) is 0 Å². The third-order valence-corrected chi connectivity index (χ3v) is 6.89. The van der Waals surface area contributed by atoms with Crippen molar-refractivity contribution in [2.75, 3.05) is 18.4 Å². The molecule has 1 N–H and O–H groups in total. The van der Waals surface area contributed by atoms with Gasteiger partial charge in [0.2, 0.25) is 0 Å². The Kier molecular flexibility index (Phi) is 6.82. The van der Waals surface area contributed by atoms with Crippen LogP contribution in [0.1, 0.15) is 60.3 Å². The Balaban J connectivity index is 2.01. The Hall–Kier alpha value is -2.39. The van der Waals surface area contributed by atoms with Crippen molar-refractivity contribution in [2.24, 2.45) is 7.05 Å². The fourth-order valence-corrected chi connectivity index (χ4v) is 5.01. The molecule has 8 nitrogen and oxygen atoms in total. The van der Waals surface area contributed by atoms with Crippen molar-refractivity contribution >= 4 is 21.7 Å². The molecule has 1 fully saturated rings. The number of aromatic nitrogens is 2. The molecule has 0 aliphatic heterocycles. The molecule has 1 saturated carbocycles. The van der Waals surface area contributed by atoms with E-state index in [2.05, 4.69) is 9.82 Å². The van der Waals surface area contributed by atoms with Gasteiger partial charge < -0.3 is 9.47 Å². The van der Waals surface area contributed by atoms with E-state index in [4.69, 9.17) is 9.47 Å². The molecule has 1 aromatic heterocycles. The van der Waals surface area contributed by atoms with Crippen molar-refractivity contribution in [1.82, 2.24) is 9.78 Å². The molecule has 1 aromatic carbocycles. The molecular weight excluding hydrogens is 406 g/mol. The summed E-state index contributed by atoms with van der Waals surface area (Å²) < 4.78 is 40.9. The normalized spacial score (nSPS) is 19.5. The molecule has 0 saturated heterocycles. The van der Waals surface area contributed by atoms with Crippen molar-refractivity contribution < 1.29 is 22.7 Å². The van der Waals surface area contributed by atoms with Gasteiger partial charge in [0.1, 0.15) is 5.69 Å². The molecule has 0 spiro atoms. The maximum atomic E-state index is 13.1. The standard InChI is InChI=1S/C21H29N3O5S/c1-5-29-21(25)19-18(23-30(26,27)17-12-6-14(2)7-13-17)20(24(3)22-19)15-8-10-16(28-4)11-9-15/h6-7,12-13,15-16,23H,5,8-11H2,1-4H3/t15-,16+. The number of carbonyl (C=O) groups is 1. The van der Waals surface area contributed by atoms with Gasteiger partial charge in [0.05, 0.1) is 23.3 Å². The number of hydrogen-bond donors (Lipinski definition) is 1. The molecule has 3 rings (SSSR count). The average Bonchev–Trinajstić information content (AvgIpc) is 3.04. The van der Waals surface area contributed by atoms with Crippen LogP contribution in [-0.2, 0) is 26.5 Å². The molecule has 164 valence electrons. The van der Waals surface area contributed by atoms with E-state index < -0.39 is 16.0 Å². The fraction of sp³-hybridized carbons (Fsp3) is 0.524. The van der Waals surface area contributed by atoms with Crippen LogP contribution in [0.3, 0.4) is 0 Å². The number of nitrogens with zero attached hydrogens (tertiary/aromatic N) is 2. The summed E-state index contributed by atoms with van der Waals surface area (Å²) in [6.07, 6.45) is 3.57. The first-order valence-electron chi connectivity index (χ1n) is 10.1. The van der Waals surface area contributed by atoms with Crippen LogP contribution in [0.4, 0.5) is 5.69 Å². The van der Waals surface area contributed by atoms with E-state index in [9.17, 15) is 13.2 Å². The van der Waals surface area contributed by atoms with Crippen LogP contribution in [0.25, 0.3) is 0 Å². The number of nitrogens with one attached hydrogen (secondary N) is 1. The third-order valence-electron chi connectivity index (χ3n) is 5.52. The lowest BCUT2D eigenvalue weighted by Gasteiger charge is -2.28. The maximum Gasteiger partial charge on any atom is 0.361 e. The summed E-state index contributed by atoms with van der Waals surface area (Å²) in [5, 5.41) is 4.32. The van der Waals surface area contributed by atoms with Gasteiger partial charge in [-0.3, -0.25) is 9.40 Å². The molecule has 9 heteroatoms. The van der Waals surface area contributed by atoms with E-state index in [1.807, 2.05) is 6.92 Å². The lowest BCUT2D eigenvalue weighted by Crippen LogP contribution is -2.22.